The number of benzene rings is 2. The lowest BCUT2D eigenvalue weighted by molar-refractivity contribution is 0.102. The normalized spacial score (nSPS) is 10.6. The fourth-order valence-corrected chi connectivity index (χ4v) is 3.12. The Morgan fingerprint density at radius 2 is 1.85 bits per heavy atom. The van der Waals surface area contributed by atoms with E-state index >= 15 is 0 Å². The van der Waals surface area contributed by atoms with Gasteiger partial charge < -0.3 is 11.1 Å². The Morgan fingerprint density at radius 1 is 1.15 bits per heavy atom. The number of nitrogen functional groups attached to an aromatic ring is 1. The van der Waals surface area contributed by atoms with Gasteiger partial charge in [-0.3, -0.25) is 4.79 Å². The zero-order valence-corrected chi connectivity index (χ0v) is 16.6. The van der Waals surface area contributed by atoms with Gasteiger partial charge in [0.15, 0.2) is 0 Å². The smallest absolute Gasteiger partial charge is 0.274 e. The molecule has 1 amide bonds. The molecule has 0 aliphatic heterocycles. The van der Waals surface area contributed by atoms with E-state index < -0.39 is 0 Å². The lowest BCUT2D eigenvalue weighted by Gasteiger charge is -2.14. The van der Waals surface area contributed by atoms with E-state index in [0.29, 0.717) is 22.1 Å². The van der Waals surface area contributed by atoms with Crippen LogP contribution in [-0.4, -0.2) is 10.9 Å². The summed E-state index contributed by atoms with van der Waals surface area (Å²) in [7, 11) is 0. The van der Waals surface area contributed by atoms with Gasteiger partial charge in [-0.15, -0.1) is 0 Å². The first kappa shape index (κ1) is 18.4. The summed E-state index contributed by atoms with van der Waals surface area (Å²) in [5.74, 6) is -0.316. The van der Waals surface area contributed by atoms with Crippen LogP contribution >= 0.6 is 27.5 Å². The molecule has 1 aromatic heterocycles. The number of hydrogen-bond donors (Lipinski definition) is 2. The molecule has 0 fully saturated rings. The van der Waals surface area contributed by atoms with Gasteiger partial charge in [0.2, 0.25) is 0 Å². The van der Waals surface area contributed by atoms with Gasteiger partial charge in [0.05, 0.1) is 10.7 Å². The highest BCUT2D eigenvalue weighted by Crippen LogP contribution is 2.36. The molecule has 26 heavy (non-hydrogen) atoms. The van der Waals surface area contributed by atoms with Gasteiger partial charge in [0, 0.05) is 21.9 Å². The van der Waals surface area contributed by atoms with Crippen molar-refractivity contribution >= 4 is 44.8 Å². The molecule has 0 spiro atoms. The number of amides is 1. The predicted octanol–water partition coefficient (Wildman–Crippen LogP) is 5.62. The number of carbonyl (C=O) groups is 1. The molecule has 0 atom stereocenters. The molecule has 4 nitrogen and oxygen atoms in total. The summed E-state index contributed by atoms with van der Waals surface area (Å²) in [5.41, 5.74) is 11.2. The van der Waals surface area contributed by atoms with Crippen molar-refractivity contribution in [2.45, 2.75) is 13.8 Å². The summed E-state index contributed by atoms with van der Waals surface area (Å²) in [6, 6.07) is 12.9. The molecule has 0 aliphatic carbocycles. The lowest BCUT2D eigenvalue weighted by atomic mass is 9.99. The van der Waals surface area contributed by atoms with Gasteiger partial charge in [-0.05, 0) is 64.7 Å². The minimum Gasteiger partial charge on any atom is -0.398 e. The van der Waals surface area contributed by atoms with Crippen molar-refractivity contribution in [2.24, 2.45) is 0 Å². The van der Waals surface area contributed by atoms with Gasteiger partial charge >= 0.3 is 0 Å². The van der Waals surface area contributed by atoms with E-state index in [1.165, 1.54) is 0 Å². The maximum Gasteiger partial charge on any atom is 0.274 e. The second-order valence-corrected chi connectivity index (χ2v) is 7.19. The molecule has 3 N–H and O–H groups in total. The first-order valence-electron chi connectivity index (χ1n) is 7.96. The number of anilines is 2. The van der Waals surface area contributed by atoms with E-state index in [-0.39, 0.29) is 5.91 Å². The predicted molar refractivity (Wildman–Crippen MR) is 111 cm³/mol. The van der Waals surface area contributed by atoms with Crippen LogP contribution in [0.3, 0.4) is 0 Å². The van der Waals surface area contributed by atoms with Crippen molar-refractivity contribution in [2.75, 3.05) is 11.1 Å². The third-order valence-corrected chi connectivity index (χ3v) is 5.43. The van der Waals surface area contributed by atoms with E-state index in [1.54, 1.807) is 18.3 Å². The number of carbonyl (C=O) groups excluding carboxylic acids is 1. The molecule has 1 heterocycles. The van der Waals surface area contributed by atoms with Crippen molar-refractivity contribution < 1.29 is 4.79 Å². The van der Waals surface area contributed by atoms with Crippen LogP contribution in [0.1, 0.15) is 21.6 Å². The number of nitrogens with two attached hydrogens (primary N) is 1. The fraction of sp³-hybridized carbons (Fsp3) is 0.100. The van der Waals surface area contributed by atoms with E-state index in [0.717, 1.165) is 26.7 Å². The largest absolute Gasteiger partial charge is 0.398 e. The second-order valence-electron chi connectivity index (χ2n) is 5.96. The standard InChI is InChI=1S/C20H17BrClN3O/c1-11-9-18(24-10-15(11)21)20(26)25-17-8-4-6-14(19(17)22)13-5-3-7-16(23)12(13)2/h3-10H,23H2,1-2H3,(H,25,26). The third-order valence-electron chi connectivity index (χ3n) is 4.19. The SMILES string of the molecule is Cc1cc(C(=O)Nc2cccc(-c3cccc(N)c3C)c2Cl)ncc1Br. The molecule has 0 saturated heterocycles. The Morgan fingerprint density at radius 3 is 2.58 bits per heavy atom. The first-order chi connectivity index (χ1) is 12.4. The quantitative estimate of drug-likeness (QED) is 0.530. The fourth-order valence-electron chi connectivity index (χ4n) is 2.63. The van der Waals surface area contributed by atoms with E-state index in [4.69, 9.17) is 17.3 Å². The summed E-state index contributed by atoms with van der Waals surface area (Å²) in [6.07, 6.45) is 1.61. The number of nitrogens with one attached hydrogen (secondary N) is 1. The zero-order valence-electron chi connectivity index (χ0n) is 14.3. The molecule has 0 aliphatic rings. The number of halogens is 2. The van der Waals surface area contributed by atoms with E-state index in [2.05, 4.69) is 26.2 Å². The van der Waals surface area contributed by atoms with Crippen LogP contribution in [0, 0.1) is 13.8 Å². The molecule has 6 heteroatoms. The minimum atomic E-state index is -0.316. The monoisotopic (exact) mass is 429 g/mol. The van der Waals surface area contributed by atoms with Crippen molar-refractivity contribution in [1.82, 2.24) is 4.98 Å². The first-order valence-corrected chi connectivity index (χ1v) is 9.13. The third kappa shape index (κ3) is 3.59. The molecule has 0 unspecified atom stereocenters. The molecule has 0 radical (unpaired) electrons. The molecule has 3 aromatic rings. The maximum absolute atomic E-state index is 12.5. The van der Waals surface area contributed by atoms with Crippen LogP contribution in [-0.2, 0) is 0 Å². The van der Waals surface area contributed by atoms with Gasteiger partial charge in [-0.2, -0.15) is 0 Å². The summed E-state index contributed by atoms with van der Waals surface area (Å²) >= 11 is 9.95. The average Bonchev–Trinajstić information content (AvgIpc) is 2.62. The molecule has 2 aromatic carbocycles. The van der Waals surface area contributed by atoms with E-state index in [9.17, 15) is 4.79 Å². The Kier molecular flexibility index (Phi) is 5.30. The van der Waals surface area contributed by atoms with Crippen LogP contribution in [0.2, 0.25) is 5.02 Å². The maximum atomic E-state index is 12.5. The number of nitrogens with zero attached hydrogens (tertiary/aromatic N) is 1. The number of aryl methyl sites for hydroxylation is 1. The van der Waals surface area contributed by atoms with Crippen LogP contribution < -0.4 is 11.1 Å². The average molecular weight is 431 g/mol. The number of pyridine rings is 1. The Bertz CT molecular complexity index is 1000. The van der Waals surface area contributed by atoms with E-state index in [1.807, 2.05) is 44.2 Å². The zero-order chi connectivity index (χ0) is 18.8. The van der Waals surface area contributed by atoms with Crippen molar-refractivity contribution in [1.29, 1.82) is 0 Å². The summed E-state index contributed by atoms with van der Waals surface area (Å²) in [4.78, 5) is 16.7. The van der Waals surface area contributed by atoms with Crippen molar-refractivity contribution in [3.63, 3.8) is 0 Å². The summed E-state index contributed by atoms with van der Waals surface area (Å²) in [6.45, 7) is 3.85. The van der Waals surface area contributed by atoms with Crippen LogP contribution in [0.4, 0.5) is 11.4 Å². The van der Waals surface area contributed by atoms with Gasteiger partial charge in [0.1, 0.15) is 5.69 Å². The Labute approximate surface area is 165 Å². The molecular formula is C20H17BrClN3O. The molecule has 0 saturated carbocycles. The molecule has 3 rings (SSSR count). The number of hydrogen-bond acceptors (Lipinski definition) is 3. The number of aromatic nitrogens is 1. The highest BCUT2D eigenvalue weighted by Gasteiger charge is 2.15. The van der Waals surface area contributed by atoms with Crippen LogP contribution in [0.5, 0.6) is 0 Å². The van der Waals surface area contributed by atoms with Crippen molar-refractivity contribution in [3.8, 4) is 11.1 Å². The van der Waals surface area contributed by atoms with Crippen LogP contribution in [0.15, 0.2) is 53.1 Å². The second kappa shape index (κ2) is 7.48. The Balaban J connectivity index is 1.96. The van der Waals surface area contributed by atoms with Gasteiger partial charge in [0.25, 0.3) is 5.91 Å². The topological polar surface area (TPSA) is 68.0 Å². The van der Waals surface area contributed by atoms with Gasteiger partial charge in [-0.1, -0.05) is 35.9 Å². The highest BCUT2D eigenvalue weighted by molar-refractivity contribution is 9.10. The molecule has 0 bridgehead atoms. The number of rotatable bonds is 3. The van der Waals surface area contributed by atoms with Gasteiger partial charge in [-0.25, -0.2) is 4.98 Å². The lowest BCUT2D eigenvalue weighted by Crippen LogP contribution is -2.14. The summed E-state index contributed by atoms with van der Waals surface area (Å²) < 4.78 is 0.853. The molecular weight excluding hydrogens is 414 g/mol. The van der Waals surface area contributed by atoms with Crippen molar-refractivity contribution in [3.05, 3.63) is 75.0 Å². The Hall–Kier alpha value is -2.37. The minimum absolute atomic E-state index is 0.316. The molecule has 132 valence electrons. The summed E-state index contributed by atoms with van der Waals surface area (Å²) in [5, 5.41) is 3.30. The van der Waals surface area contributed by atoms with Crippen LogP contribution in [0.25, 0.3) is 11.1 Å². The highest BCUT2D eigenvalue weighted by atomic mass is 79.9.